The van der Waals surface area contributed by atoms with Crippen molar-refractivity contribution in [2.45, 2.75) is 13.5 Å². The molecular formula is C13H13ClN4S. The van der Waals surface area contributed by atoms with Crippen LogP contribution >= 0.6 is 23.8 Å². The van der Waals surface area contributed by atoms with Crippen LogP contribution in [0.25, 0.3) is 11.0 Å². The van der Waals surface area contributed by atoms with E-state index < -0.39 is 0 Å². The fourth-order valence-corrected chi connectivity index (χ4v) is 2.71. The van der Waals surface area contributed by atoms with Crippen LogP contribution in [0.3, 0.4) is 0 Å². The number of H-pyrrole nitrogens is 1. The molecule has 6 heteroatoms. The summed E-state index contributed by atoms with van der Waals surface area (Å²) < 4.78 is 4.57. The monoisotopic (exact) mass is 292 g/mol. The van der Waals surface area contributed by atoms with Crippen LogP contribution < -0.4 is 0 Å². The van der Waals surface area contributed by atoms with Crippen molar-refractivity contribution in [1.29, 1.82) is 0 Å². The smallest absolute Gasteiger partial charge is 0.178 e. The average Bonchev–Trinajstić information content (AvgIpc) is 2.80. The zero-order valence-electron chi connectivity index (χ0n) is 10.6. The first-order valence-corrected chi connectivity index (χ1v) is 6.70. The second-order valence-corrected chi connectivity index (χ2v) is 5.41. The molecule has 0 amide bonds. The first-order chi connectivity index (χ1) is 9.04. The van der Waals surface area contributed by atoms with Crippen LogP contribution in [0.1, 0.15) is 11.3 Å². The highest BCUT2D eigenvalue weighted by molar-refractivity contribution is 7.71. The lowest BCUT2D eigenvalue weighted by atomic mass is 10.2. The van der Waals surface area contributed by atoms with Crippen LogP contribution in [0.2, 0.25) is 5.02 Å². The molecule has 2 aromatic heterocycles. The predicted octanol–water partition coefficient (Wildman–Crippen LogP) is 3.44. The third kappa shape index (κ3) is 2.19. The van der Waals surface area contributed by atoms with Crippen molar-refractivity contribution >= 4 is 34.9 Å². The zero-order valence-corrected chi connectivity index (χ0v) is 12.2. The molecule has 3 rings (SSSR count). The van der Waals surface area contributed by atoms with Gasteiger partial charge in [0.1, 0.15) is 0 Å². The SMILES string of the molecule is Cc1nn(C)cc1Cn1c(=S)[nH]c2cc(Cl)ccc21. The van der Waals surface area contributed by atoms with Gasteiger partial charge < -0.3 is 9.55 Å². The van der Waals surface area contributed by atoms with E-state index in [1.807, 2.05) is 43.0 Å². The lowest BCUT2D eigenvalue weighted by molar-refractivity contribution is 0.755. The highest BCUT2D eigenvalue weighted by atomic mass is 35.5. The minimum Gasteiger partial charge on any atom is -0.331 e. The Kier molecular flexibility index (Phi) is 2.95. The van der Waals surface area contributed by atoms with E-state index in [2.05, 4.69) is 14.6 Å². The number of nitrogens with zero attached hydrogens (tertiary/aromatic N) is 3. The van der Waals surface area contributed by atoms with Gasteiger partial charge in [-0.05, 0) is 37.3 Å². The quantitative estimate of drug-likeness (QED) is 0.735. The van der Waals surface area contributed by atoms with Crippen LogP contribution in [0.4, 0.5) is 0 Å². The van der Waals surface area contributed by atoms with Gasteiger partial charge in [-0.2, -0.15) is 5.10 Å². The molecule has 2 heterocycles. The van der Waals surface area contributed by atoms with Crippen LogP contribution in [-0.2, 0) is 13.6 Å². The number of aryl methyl sites for hydroxylation is 2. The normalized spacial score (nSPS) is 11.3. The summed E-state index contributed by atoms with van der Waals surface area (Å²) in [6.07, 6.45) is 2.02. The Morgan fingerprint density at radius 1 is 1.42 bits per heavy atom. The van der Waals surface area contributed by atoms with Gasteiger partial charge in [-0.25, -0.2) is 0 Å². The minimum atomic E-state index is 0.695. The molecule has 0 saturated carbocycles. The highest BCUT2D eigenvalue weighted by Gasteiger charge is 2.09. The van der Waals surface area contributed by atoms with Crippen molar-refractivity contribution in [3.8, 4) is 0 Å². The van der Waals surface area contributed by atoms with Gasteiger partial charge in [-0.15, -0.1) is 0 Å². The van der Waals surface area contributed by atoms with Gasteiger partial charge in [0.2, 0.25) is 0 Å². The first kappa shape index (κ1) is 12.4. The van der Waals surface area contributed by atoms with Crippen molar-refractivity contribution < 1.29 is 0 Å². The molecule has 4 nitrogen and oxygen atoms in total. The number of halogens is 1. The summed E-state index contributed by atoms with van der Waals surface area (Å²) in [6.45, 7) is 2.71. The number of hydrogen-bond acceptors (Lipinski definition) is 2. The van der Waals surface area contributed by atoms with E-state index in [4.69, 9.17) is 23.8 Å². The Morgan fingerprint density at radius 3 is 2.89 bits per heavy atom. The summed E-state index contributed by atoms with van der Waals surface area (Å²) in [5.74, 6) is 0. The van der Waals surface area contributed by atoms with Crippen molar-refractivity contribution in [1.82, 2.24) is 19.3 Å². The molecule has 1 N–H and O–H groups in total. The van der Waals surface area contributed by atoms with Gasteiger partial charge in [0.05, 0.1) is 23.3 Å². The molecule has 0 fully saturated rings. The zero-order chi connectivity index (χ0) is 13.6. The summed E-state index contributed by atoms with van der Waals surface area (Å²) >= 11 is 11.4. The lowest BCUT2D eigenvalue weighted by Crippen LogP contribution is -2.00. The van der Waals surface area contributed by atoms with E-state index in [-0.39, 0.29) is 0 Å². The Morgan fingerprint density at radius 2 is 2.21 bits per heavy atom. The second kappa shape index (κ2) is 4.51. The van der Waals surface area contributed by atoms with Gasteiger partial charge >= 0.3 is 0 Å². The first-order valence-electron chi connectivity index (χ1n) is 5.92. The van der Waals surface area contributed by atoms with Gasteiger partial charge in [0, 0.05) is 23.8 Å². The second-order valence-electron chi connectivity index (χ2n) is 4.59. The van der Waals surface area contributed by atoms with Crippen LogP contribution in [-0.4, -0.2) is 19.3 Å². The van der Waals surface area contributed by atoms with Crippen molar-refractivity contribution in [2.24, 2.45) is 7.05 Å². The summed E-state index contributed by atoms with van der Waals surface area (Å²) in [6, 6.07) is 5.74. The molecule has 0 saturated heterocycles. The third-order valence-corrected chi connectivity index (χ3v) is 3.74. The number of aromatic amines is 1. The van der Waals surface area contributed by atoms with Crippen LogP contribution in [0.15, 0.2) is 24.4 Å². The number of hydrogen-bond donors (Lipinski definition) is 1. The summed E-state index contributed by atoms with van der Waals surface area (Å²) in [5, 5.41) is 5.06. The molecule has 0 bridgehead atoms. The van der Waals surface area contributed by atoms with E-state index >= 15 is 0 Å². The number of benzene rings is 1. The average molecular weight is 293 g/mol. The molecule has 0 aliphatic carbocycles. The molecule has 0 atom stereocenters. The van der Waals surface area contributed by atoms with Gasteiger partial charge in [-0.1, -0.05) is 11.6 Å². The predicted molar refractivity (Wildman–Crippen MR) is 79.2 cm³/mol. The van der Waals surface area contributed by atoms with E-state index in [0.717, 1.165) is 22.3 Å². The molecule has 1 aromatic carbocycles. The molecule has 0 unspecified atom stereocenters. The maximum Gasteiger partial charge on any atom is 0.178 e. The van der Waals surface area contributed by atoms with Crippen molar-refractivity contribution in [2.75, 3.05) is 0 Å². The summed E-state index contributed by atoms with van der Waals surface area (Å²) in [4.78, 5) is 3.18. The number of nitrogens with one attached hydrogen (secondary N) is 1. The van der Waals surface area contributed by atoms with E-state index in [1.165, 1.54) is 0 Å². The molecule has 0 aliphatic heterocycles. The van der Waals surface area contributed by atoms with E-state index in [1.54, 1.807) is 0 Å². The standard InChI is InChI=1S/C13H13ClN4S/c1-8-9(6-17(2)16-8)7-18-12-4-3-10(14)5-11(12)15-13(18)19/h3-6H,7H2,1-2H3,(H,15,19). The molecule has 0 radical (unpaired) electrons. The Hall–Kier alpha value is -1.59. The number of rotatable bonds is 2. The fraction of sp³-hybridized carbons (Fsp3) is 0.231. The van der Waals surface area contributed by atoms with Crippen LogP contribution in [0.5, 0.6) is 0 Å². The Bertz CT molecular complexity index is 812. The van der Waals surface area contributed by atoms with Crippen LogP contribution in [0, 0.1) is 11.7 Å². The fourth-order valence-electron chi connectivity index (χ4n) is 2.27. The topological polar surface area (TPSA) is 38.5 Å². The van der Waals surface area contributed by atoms with E-state index in [0.29, 0.717) is 16.3 Å². The Labute approximate surface area is 120 Å². The molecule has 19 heavy (non-hydrogen) atoms. The van der Waals surface area contributed by atoms with Gasteiger partial charge in [0.25, 0.3) is 0 Å². The number of imidazole rings is 1. The van der Waals surface area contributed by atoms with Crippen molar-refractivity contribution in [3.63, 3.8) is 0 Å². The minimum absolute atomic E-state index is 0.695. The van der Waals surface area contributed by atoms with Gasteiger partial charge in [-0.3, -0.25) is 4.68 Å². The van der Waals surface area contributed by atoms with Gasteiger partial charge in [0.15, 0.2) is 4.77 Å². The molecule has 3 aromatic rings. The number of aromatic nitrogens is 4. The molecule has 0 aliphatic rings. The molecular weight excluding hydrogens is 280 g/mol. The summed E-state index contributed by atoms with van der Waals surface area (Å²) in [5.41, 5.74) is 4.19. The third-order valence-electron chi connectivity index (χ3n) is 3.18. The maximum absolute atomic E-state index is 5.99. The molecule has 0 spiro atoms. The lowest BCUT2D eigenvalue weighted by Gasteiger charge is -2.03. The van der Waals surface area contributed by atoms with E-state index in [9.17, 15) is 0 Å². The van der Waals surface area contributed by atoms with Crippen molar-refractivity contribution in [3.05, 3.63) is 45.4 Å². The largest absolute Gasteiger partial charge is 0.331 e. The summed E-state index contributed by atoms with van der Waals surface area (Å²) in [7, 11) is 1.92. The Balaban J connectivity index is 2.13. The maximum atomic E-state index is 5.99. The number of fused-ring (bicyclic) bond motifs is 1. The highest BCUT2D eigenvalue weighted by Crippen LogP contribution is 2.20. The molecule has 98 valence electrons.